The second kappa shape index (κ2) is 7.74. The molecule has 4 rings (SSSR count). The molecule has 5 heteroatoms. The molecule has 0 aromatic heterocycles. The summed E-state index contributed by atoms with van der Waals surface area (Å²) in [6.45, 7) is 0.875. The van der Waals surface area contributed by atoms with Crippen LogP contribution in [0, 0.1) is 0 Å². The third-order valence-electron chi connectivity index (χ3n) is 4.80. The standard InChI is InChI=1S/C23H21NO4/c24-20-14-28-22-9-8-17(11-19(20)22)16-6-3-4-15(10-16)13-27-21-7-2-1-5-18(21)12-23(25)26/h1-11,20H,12-14,24H2,(H,25,26). The van der Waals surface area contributed by atoms with Gasteiger partial charge >= 0.3 is 5.97 Å². The van der Waals surface area contributed by atoms with Gasteiger partial charge in [-0.25, -0.2) is 0 Å². The van der Waals surface area contributed by atoms with Gasteiger partial charge in [0.15, 0.2) is 0 Å². The number of rotatable bonds is 6. The van der Waals surface area contributed by atoms with Gasteiger partial charge in [0.2, 0.25) is 0 Å². The van der Waals surface area contributed by atoms with E-state index in [-0.39, 0.29) is 12.5 Å². The summed E-state index contributed by atoms with van der Waals surface area (Å²) in [7, 11) is 0. The van der Waals surface area contributed by atoms with Crippen LogP contribution in [-0.2, 0) is 17.8 Å². The summed E-state index contributed by atoms with van der Waals surface area (Å²) in [6, 6.07) is 21.3. The molecule has 142 valence electrons. The molecular formula is C23H21NO4. The zero-order valence-electron chi connectivity index (χ0n) is 15.3. The fourth-order valence-corrected chi connectivity index (χ4v) is 3.37. The van der Waals surface area contributed by atoms with Crippen LogP contribution in [0.3, 0.4) is 0 Å². The van der Waals surface area contributed by atoms with E-state index in [4.69, 9.17) is 20.3 Å². The Morgan fingerprint density at radius 2 is 1.89 bits per heavy atom. The van der Waals surface area contributed by atoms with Gasteiger partial charge in [-0.2, -0.15) is 0 Å². The maximum atomic E-state index is 11.0. The van der Waals surface area contributed by atoms with Crippen molar-refractivity contribution in [2.75, 3.05) is 6.61 Å². The Bertz CT molecular complexity index is 1010. The van der Waals surface area contributed by atoms with Gasteiger partial charge in [-0.05, 0) is 41.0 Å². The third-order valence-corrected chi connectivity index (χ3v) is 4.80. The van der Waals surface area contributed by atoms with Crippen molar-refractivity contribution in [1.29, 1.82) is 0 Å². The quantitative estimate of drug-likeness (QED) is 0.682. The Balaban J connectivity index is 1.53. The summed E-state index contributed by atoms with van der Waals surface area (Å²) in [5, 5.41) is 9.05. The number of benzene rings is 3. The number of carboxylic acids is 1. The van der Waals surface area contributed by atoms with E-state index in [0.717, 1.165) is 28.0 Å². The van der Waals surface area contributed by atoms with Crippen molar-refractivity contribution >= 4 is 5.97 Å². The summed E-state index contributed by atoms with van der Waals surface area (Å²) in [5.41, 5.74) is 10.9. The molecule has 0 spiro atoms. The molecule has 0 saturated heterocycles. The molecule has 3 N–H and O–H groups in total. The highest BCUT2D eigenvalue weighted by molar-refractivity contribution is 5.71. The molecule has 1 atom stereocenters. The average Bonchev–Trinajstić information content (AvgIpc) is 3.07. The Labute approximate surface area is 163 Å². The molecule has 1 unspecified atom stereocenters. The average molecular weight is 375 g/mol. The summed E-state index contributed by atoms with van der Waals surface area (Å²) >= 11 is 0. The molecule has 5 nitrogen and oxygen atoms in total. The Morgan fingerprint density at radius 3 is 2.75 bits per heavy atom. The first-order valence-electron chi connectivity index (χ1n) is 9.14. The molecule has 1 aliphatic heterocycles. The zero-order chi connectivity index (χ0) is 19.5. The zero-order valence-corrected chi connectivity index (χ0v) is 15.3. The maximum absolute atomic E-state index is 11.0. The lowest BCUT2D eigenvalue weighted by Crippen LogP contribution is -2.10. The molecule has 3 aromatic carbocycles. The predicted octanol–water partition coefficient (Wildman–Crippen LogP) is 3.95. The highest BCUT2D eigenvalue weighted by Gasteiger charge is 2.20. The first-order valence-corrected chi connectivity index (χ1v) is 9.14. The fraction of sp³-hybridized carbons (Fsp3) is 0.174. The number of hydrogen-bond donors (Lipinski definition) is 2. The van der Waals surface area contributed by atoms with Gasteiger partial charge in [0.1, 0.15) is 24.7 Å². The van der Waals surface area contributed by atoms with E-state index in [0.29, 0.717) is 24.5 Å². The number of ether oxygens (including phenoxy) is 2. The van der Waals surface area contributed by atoms with E-state index in [1.165, 1.54) is 0 Å². The molecule has 0 amide bonds. The largest absolute Gasteiger partial charge is 0.491 e. The normalized spacial score (nSPS) is 15.0. The Kier molecular flexibility index (Phi) is 5.00. The van der Waals surface area contributed by atoms with E-state index >= 15 is 0 Å². The molecule has 1 aliphatic rings. The van der Waals surface area contributed by atoms with Crippen LogP contribution in [0.15, 0.2) is 66.7 Å². The van der Waals surface area contributed by atoms with Crippen molar-refractivity contribution < 1.29 is 19.4 Å². The van der Waals surface area contributed by atoms with Crippen molar-refractivity contribution in [3.63, 3.8) is 0 Å². The second-order valence-corrected chi connectivity index (χ2v) is 6.84. The Hall–Kier alpha value is -3.31. The van der Waals surface area contributed by atoms with Gasteiger partial charge in [0.05, 0.1) is 12.5 Å². The number of fused-ring (bicyclic) bond motifs is 1. The SMILES string of the molecule is NC1COc2ccc(-c3cccc(COc4ccccc4CC(=O)O)c3)cc21. The van der Waals surface area contributed by atoms with Crippen LogP contribution in [0.1, 0.15) is 22.7 Å². The number of hydrogen-bond acceptors (Lipinski definition) is 4. The topological polar surface area (TPSA) is 81.8 Å². The molecule has 28 heavy (non-hydrogen) atoms. The van der Waals surface area contributed by atoms with Gasteiger partial charge < -0.3 is 20.3 Å². The van der Waals surface area contributed by atoms with Crippen molar-refractivity contribution in [2.24, 2.45) is 5.73 Å². The highest BCUT2D eigenvalue weighted by Crippen LogP contribution is 2.34. The van der Waals surface area contributed by atoms with Gasteiger partial charge in [-0.15, -0.1) is 0 Å². The van der Waals surface area contributed by atoms with E-state index < -0.39 is 5.97 Å². The fourth-order valence-electron chi connectivity index (χ4n) is 3.37. The number of carbonyl (C=O) groups is 1. The molecular weight excluding hydrogens is 354 g/mol. The van der Waals surface area contributed by atoms with Crippen LogP contribution in [-0.4, -0.2) is 17.7 Å². The number of para-hydroxylation sites is 1. The number of nitrogens with two attached hydrogens (primary N) is 1. The molecule has 0 fully saturated rings. The Morgan fingerprint density at radius 1 is 1.07 bits per heavy atom. The summed E-state index contributed by atoms with van der Waals surface area (Å²) in [5.74, 6) is 0.568. The first-order chi connectivity index (χ1) is 13.6. The van der Waals surface area contributed by atoms with Gasteiger partial charge in [-0.1, -0.05) is 42.5 Å². The summed E-state index contributed by atoms with van der Waals surface area (Å²) in [4.78, 5) is 11.0. The van der Waals surface area contributed by atoms with Crippen LogP contribution in [0.2, 0.25) is 0 Å². The summed E-state index contributed by atoms with van der Waals surface area (Å²) < 4.78 is 11.5. The number of aliphatic carboxylic acids is 1. The molecule has 0 radical (unpaired) electrons. The molecule has 1 heterocycles. The highest BCUT2D eigenvalue weighted by atomic mass is 16.5. The smallest absolute Gasteiger partial charge is 0.307 e. The molecule has 0 saturated carbocycles. The van der Waals surface area contributed by atoms with Crippen LogP contribution in [0.5, 0.6) is 11.5 Å². The number of carboxylic acid groups (broad SMARTS) is 1. The predicted molar refractivity (Wildman–Crippen MR) is 106 cm³/mol. The molecule has 0 aliphatic carbocycles. The van der Waals surface area contributed by atoms with E-state index in [1.54, 1.807) is 12.1 Å². The van der Waals surface area contributed by atoms with E-state index in [9.17, 15) is 4.79 Å². The maximum Gasteiger partial charge on any atom is 0.307 e. The lowest BCUT2D eigenvalue weighted by atomic mass is 9.99. The van der Waals surface area contributed by atoms with Crippen molar-refractivity contribution in [3.05, 3.63) is 83.4 Å². The monoisotopic (exact) mass is 375 g/mol. The minimum Gasteiger partial charge on any atom is -0.491 e. The molecule has 3 aromatic rings. The first kappa shape index (κ1) is 18.1. The molecule has 0 bridgehead atoms. The van der Waals surface area contributed by atoms with E-state index in [1.807, 2.05) is 42.5 Å². The third kappa shape index (κ3) is 3.85. The van der Waals surface area contributed by atoms with Crippen LogP contribution < -0.4 is 15.2 Å². The lowest BCUT2D eigenvalue weighted by molar-refractivity contribution is -0.136. The van der Waals surface area contributed by atoms with Crippen molar-refractivity contribution in [1.82, 2.24) is 0 Å². The van der Waals surface area contributed by atoms with Gasteiger partial charge in [0.25, 0.3) is 0 Å². The van der Waals surface area contributed by atoms with E-state index in [2.05, 4.69) is 12.1 Å². The van der Waals surface area contributed by atoms with Crippen molar-refractivity contribution in [2.45, 2.75) is 19.1 Å². The van der Waals surface area contributed by atoms with Crippen LogP contribution in [0.25, 0.3) is 11.1 Å². The van der Waals surface area contributed by atoms with Gasteiger partial charge in [-0.3, -0.25) is 4.79 Å². The van der Waals surface area contributed by atoms with Crippen LogP contribution >= 0.6 is 0 Å². The van der Waals surface area contributed by atoms with Crippen LogP contribution in [0.4, 0.5) is 0 Å². The minimum atomic E-state index is -0.878. The second-order valence-electron chi connectivity index (χ2n) is 6.84. The van der Waals surface area contributed by atoms with Gasteiger partial charge in [0, 0.05) is 11.1 Å². The van der Waals surface area contributed by atoms with Crippen molar-refractivity contribution in [3.8, 4) is 22.6 Å². The minimum absolute atomic E-state index is 0.0618. The lowest BCUT2D eigenvalue weighted by Gasteiger charge is -2.12. The summed E-state index contributed by atoms with van der Waals surface area (Å²) in [6.07, 6.45) is -0.0618.